The fourth-order valence-electron chi connectivity index (χ4n) is 3.10. The van der Waals surface area contributed by atoms with Crippen LogP contribution in [0.4, 0.5) is 0 Å². The summed E-state index contributed by atoms with van der Waals surface area (Å²) in [4.78, 5) is 26.3. The first-order valence-corrected chi connectivity index (χ1v) is 11.1. The van der Waals surface area contributed by atoms with Gasteiger partial charge in [0.15, 0.2) is 0 Å². The molecule has 1 aliphatic heterocycles. The maximum Gasteiger partial charge on any atom is 0.310 e. The molecule has 28 heavy (non-hydrogen) atoms. The Kier molecular flexibility index (Phi) is 7.12. The molecule has 0 saturated carbocycles. The summed E-state index contributed by atoms with van der Waals surface area (Å²) in [6, 6.07) is 4.18. The summed E-state index contributed by atoms with van der Waals surface area (Å²) in [6.07, 6.45) is 1.35. The van der Waals surface area contributed by atoms with E-state index in [9.17, 15) is 18.0 Å². The van der Waals surface area contributed by atoms with Gasteiger partial charge in [0.25, 0.3) is 5.91 Å². The normalized spacial score (nSPS) is 18.0. The number of piperidine rings is 1. The summed E-state index contributed by atoms with van der Waals surface area (Å²) < 4.78 is 32.9. The van der Waals surface area contributed by atoms with Gasteiger partial charge in [-0.3, -0.25) is 9.59 Å². The maximum absolute atomic E-state index is 12.9. The van der Waals surface area contributed by atoms with Gasteiger partial charge in [0.1, 0.15) is 4.90 Å². The van der Waals surface area contributed by atoms with Gasteiger partial charge >= 0.3 is 5.97 Å². The summed E-state index contributed by atoms with van der Waals surface area (Å²) in [5.74, 6) is -1.01. The summed E-state index contributed by atoms with van der Waals surface area (Å²) in [5.41, 5.74) is -0.481. The first kappa shape index (κ1) is 22.6. The van der Waals surface area contributed by atoms with E-state index in [0.717, 1.165) is 0 Å². The van der Waals surface area contributed by atoms with Crippen LogP contribution in [-0.2, 0) is 19.6 Å². The van der Waals surface area contributed by atoms with E-state index >= 15 is 0 Å². The molecule has 1 atom stereocenters. The highest BCUT2D eigenvalue weighted by Crippen LogP contribution is 2.26. The van der Waals surface area contributed by atoms with Gasteiger partial charge in [0.05, 0.1) is 17.5 Å². The Labute approximate surface area is 171 Å². The van der Waals surface area contributed by atoms with Crippen molar-refractivity contribution in [3.8, 4) is 0 Å². The highest BCUT2D eigenvalue weighted by Gasteiger charge is 2.31. The van der Waals surface area contributed by atoms with Gasteiger partial charge in [0, 0.05) is 24.2 Å². The molecule has 0 aliphatic carbocycles. The number of carbonyl (C=O) groups is 2. The Morgan fingerprint density at radius 3 is 2.61 bits per heavy atom. The number of amides is 1. The summed E-state index contributed by atoms with van der Waals surface area (Å²) in [5, 5.41) is 0.0383. The monoisotopic (exact) mass is 430 g/mol. The first-order chi connectivity index (χ1) is 12.9. The van der Waals surface area contributed by atoms with Crippen LogP contribution in [0.2, 0.25) is 5.02 Å². The predicted molar refractivity (Wildman–Crippen MR) is 107 cm³/mol. The van der Waals surface area contributed by atoms with Crippen LogP contribution in [0, 0.1) is 5.92 Å². The number of sulfonamides is 1. The Morgan fingerprint density at radius 2 is 2.00 bits per heavy atom. The van der Waals surface area contributed by atoms with Gasteiger partial charge in [-0.2, -0.15) is 0 Å². The third-order valence-electron chi connectivity index (χ3n) is 4.24. The lowest BCUT2D eigenvalue weighted by atomic mass is 9.97. The van der Waals surface area contributed by atoms with Crippen LogP contribution in [0.1, 0.15) is 50.9 Å². The van der Waals surface area contributed by atoms with Gasteiger partial charge in [-0.15, -0.1) is 0 Å². The molecule has 0 radical (unpaired) electrons. The van der Waals surface area contributed by atoms with Crippen molar-refractivity contribution < 1.29 is 22.7 Å². The number of halogens is 1. The minimum atomic E-state index is -3.89. The Morgan fingerprint density at radius 1 is 1.32 bits per heavy atom. The van der Waals surface area contributed by atoms with Crippen LogP contribution in [-0.4, -0.2) is 50.4 Å². The fourth-order valence-corrected chi connectivity index (χ4v) is 5.04. The molecule has 1 unspecified atom stereocenters. The molecule has 0 bridgehead atoms. The van der Waals surface area contributed by atoms with Crippen LogP contribution in [0.15, 0.2) is 23.1 Å². The van der Waals surface area contributed by atoms with E-state index in [1.165, 1.54) is 18.2 Å². The highest BCUT2D eigenvalue weighted by atomic mass is 35.5. The summed E-state index contributed by atoms with van der Waals surface area (Å²) in [7, 11) is -3.89. The number of carbonyl (C=O) groups excluding carboxylic acids is 2. The van der Waals surface area contributed by atoms with E-state index in [-0.39, 0.29) is 39.8 Å². The second-order valence-electron chi connectivity index (χ2n) is 7.84. The van der Waals surface area contributed by atoms with Crippen LogP contribution in [0.3, 0.4) is 0 Å². The van der Waals surface area contributed by atoms with Gasteiger partial charge in [-0.05, 0) is 58.7 Å². The van der Waals surface area contributed by atoms with Crippen molar-refractivity contribution in [3.63, 3.8) is 0 Å². The van der Waals surface area contributed by atoms with E-state index in [4.69, 9.17) is 16.3 Å². The van der Waals surface area contributed by atoms with Crippen molar-refractivity contribution in [3.05, 3.63) is 28.8 Å². The van der Waals surface area contributed by atoms with Crippen LogP contribution in [0.5, 0.6) is 0 Å². The molecule has 1 saturated heterocycles. The van der Waals surface area contributed by atoms with Gasteiger partial charge in [0.2, 0.25) is 10.0 Å². The molecular formula is C19H27ClN2O5S. The zero-order chi connectivity index (χ0) is 21.1. The second-order valence-corrected chi connectivity index (χ2v) is 9.90. The third kappa shape index (κ3) is 5.68. The van der Waals surface area contributed by atoms with E-state index in [1.807, 2.05) is 0 Å². The Balaban J connectivity index is 2.26. The molecule has 7 nitrogen and oxygen atoms in total. The number of nitrogens with zero attached hydrogens (tertiary/aromatic N) is 1. The number of hydrogen-bond acceptors (Lipinski definition) is 5. The third-order valence-corrected chi connectivity index (χ3v) is 6.48. The van der Waals surface area contributed by atoms with E-state index < -0.39 is 15.6 Å². The predicted octanol–water partition coefficient (Wildman–Crippen LogP) is 2.83. The number of rotatable bonds is 5. The molecule has 156 valence electrons. The van der Waals surface area contributed by atoms with Crippen molar-refractivity contribution >= 4 is 33.5 Å². The van der Waals surface area contributed by atoms with E-state index in [0.29, 0.717) is 26.0 Å². The number of esters is 1. The molecule has 0 spiro atoms. The van der Waals surface area contributed by atoms with Crippen LogP contribution in [0.25, 0.3) is 0 Å². The number of ether oxygens (including phenoxy) is 1. The van der Waals surface area contributed by atoms with Gasteiger partial charge < -0.3 is 9.64 Å². The Hall–Kier alpha value is -1.64. The van der Waals surface area contributed by atoms with Crippen molar-refractivity contribution in [1.29, 1.82) is 0 Å². The molecule has 1 N–H and O–H groups in total. The molecule has 1 aromatic rings. The summed E-state index contributed by atoms with van der Waals surface area (Å²) >= 11 is 6.09. The van der Waals surface area contributed by atoms with Crippen LogP contribution < -0.4 is 4.72 Å². The lowest BCUT2D eigenvalue weighted by Gasteiger charge is -2.31. The lowest BCUT2D eigenvalue weighted by molar-refractivity contribution is -0.149. The quantitative estimate of drug-likeness (QED) is 0.725. The second kappa shape index (κ2) is 8.80. The first-order valence-electron chi connectivity index (χ1n) is 9.24. The fraction of sp³-hybridized carbons (Fsp3) is 0.579. The molecule has 0 aromatic heterocycles. The van der Waals surface area contributed by atoms with Gasteiger partial charge in [-0.25, -0.2) is 13.1 Å². The molecular weight excluding hydrogens is 404 g/mol. The minimum absolute atomic E-state index is 0.0383. The number of likely N-dealkylation sites (tertiary alicyclic amines) is 1. The zero-order valence-corrected chi connectivity index (χ0v) is 18.2. The summed E-state index contributed by atoms with van der Waals surface area (Å²) in [6.45, 7) is 7.94. The van der Waals surface area contributed by atoms with Gasteiger partial charge in [-0.1, -0.05) is 11.6 Å². The number of nitrogens with one attached hydrogen (secondary N) is 1. The lowest BCUT2D eigenvalue weighted by Crippen LogP contribution is -2.43. The average Bonchev–Trinajstić information content (AvgIpc) is 2.59. The van der Waals surface area contributed by atoms with E-state index in [2.05, 4.69) is 4.72 Å². The van der Waals surface area contributed by atoms with Crippen molar-refractivity contribution in [2.45, 2.75) is 51.0 Å². The molecule has 1 aliphatic rings. The minimum Gasteiger partial charge on any atom is -0.466 e. The average molecular weight is 431 g/mol. The molecule has 2 rings (SSSR count). The van der Waals surface area contributed by atoms with Crippen molar-refractivity contribution in [2.24, 2.45) is 5.92 Å². The highest BCUT2D eigenvalue weighted by molar-refractivity contribution is 7.89. The SMILES string of the molecule is CCOC(=O)C1CCCN(C(=O)c2ccc(Cl)c(S(=O)(=O)NC(C)(C)C)c2)C1. The molecule has 1 amide bonds. The largest absolute Gasteiger partial charge is 0.466 e. The number of benzene rings is 1. The standard InChI is InChI=1S/C19H27ClN2O5S/c1-5-27-18(24)14-7-6-10-22(12-14)17(23)13-8-9-15(20)16(11-13)28(25,26)21-19(2,3)4/h8-9,11,14,21H,5-7,10,12H2,1-4H3. The molecule has 9 heteroatoms. The van der Waals surface area contributed by atoms with E-state index in [1.54, 1.807) is 32.6 Å². The van der Waals surface area contributed by atoms with Crippen molar-refractivity contribution in [1.82, 2.24) is 9.62 Å². The molecule has 1 heterocycles. The smallest absolute Gasteiger partial charge is 0.310 e. The maximum atomic E-state index is 12.9. The topological polar surface area (TPSA) is 92.8 Å². The molecule has 1 aromatic carbocycles. The van der Waals surface area contributed by atoms with Crippen molar-refractivity contribution in [2.75, 3.05) is 19.7 Å². The number of hydrogen-bond donors (Lipinski definition) is 1. The van der Waals surface area contributed by atoms with Crippen LogP contribution >= 0.6 is 11.6 Å². The molecule has 1 fully saturated rings. The zero-order valence-electron chi connectivity index (χ0n) is 16.6. The Bertz CT molecular complexity index is 848.